The summed E-state index contributed by atoms with van der Waals surface area (Å²) in [5.41, 5.74) is 1.46. The third-order valence-corrected chi connectivity index (χ3v) is 6.45. The molecule has 1 heterocycles. The molecule has 0 amide bonds. The fraction of sp³-hybridized carbons (Fsp3) is 0.556. The van der Waals surface area contributed by atoms with Crippen LogP contribution in [-0.2, 0) is 0 Å². The van der Waals surface area contributed by atoms with Crippen molar-refractivity contribution in [3.63, 3.8) is 0 Å². The predicted octanol–water partition coefficient (Wildman–Crippen LogP) is 5.30. The maximum absolute atomic E-state index is 3.78. The molecule has 1 aliphatic carbocycles. The highest BCUT2D eigenvalue weighted by molar-refractivity contribution is 7.19. The Hall–Kier alpha value is -0.860. The summed E-state index contributed by atoms with van der Waals surface area (Å²) >= 11 is 1.95. The molecule has 20 heavy (non-hydrogen) atoms. The molecule has 1 aliphatic rings. The van der Waals surface area contributed by atoms with E-state index in [1.54, 1.807) is 0 Å². The summed E-state index contributed by atoms with van der Waals surface area (Å²) in [6, 6.07) is 9.24. The van der Waals surface area contributed by atoms with Gasteiger partial charge in [-0.05, 0) is 55.7 Å². The van der Waals surface area contributed by atoms with E-state index < -0.39 is 0 Å². The van der Waals surface area contributed by atoms with Crippen molar-refractivity contribution in [1.82, 2.24) is 5.32 Å². The van der Waals surface area contributed by atoms with Crippen molar-refractivity contribution in [2.75, 3.05) is 6.54 Å². The molecule has 3 atom stereocenters. The average molecular weight is 287 g/mol. The van der Waals surface area contributed by atoms with Crippen LogP contribution in [0.15, 0.2) is 24.3 Å². The van der Waals surface area contributed by atoms with Crippen LogP contribution in [0.1, 0.15) is 49.6 Å². The lowest BCUT2D eigenvalue weighted by molar-refractivity contribution is 0.376. The van der Waals surface area contributed by atoms with Gasteiger partial charge in [0.2, 0.25) is 0 Å². The molecule has 0 bridgehead atoms. The van der Waals surface area contributed by atoms with E-state index in [0.717, 1.165) is 11.8 Å². The Kier molecular flexibility index (Phi) is 4.13. The number of nitrogens with one attached hydrogen (secondary N) is 1. The lowest BCUT2D eigenvalue weighted by Crippen LogP contribution is -2.26. The first-order chi connectivity index (χ1) is 9.66. The molecule has 1 fully saturated rings. The molecule has 108 valence electrons. The minimum atomic E-state index is 0.472. The number of aryl methyl sites for hydroxylation is 1. The summed E-state index contributed by atoms with van der Waals surface area (Å²) in [6.07, 6.45) is 4.25. The van der Waals surface area contributed by atoms with Gasteiger partial charge in [-0.25, -0.2) is 0 Å². The van der Waals surface area contributed by atoms with Crippen LogP contribution in [0.3, 0.4) is 0 Å². The van der Waals surface area contributed by atoms with Gasteiger partial charge in [-0.1, -0.05) is 38.0 Å². The van der Waals surface area contributed by atoms with Crippen LogP contribution < -0.4 is 5.32 Å². The second-order valence-corrected chi connectivity index (χ2v) is 7.47. The topological polar surface area (TPSA) is 12.0 Å². The second kappa shape index (κ2) is 5.87. The summed E-state index contributed by atoms with van der Waals surface area (Å²) < 4.78 is 1.42. The summed E-state index contributed by atoms with van der Waals surface area (Å²) in [5, 5.41) is 5.21. The lowest BCUT2D eigenvalue weighted by Gasteiger charge is -2.20. The van der Waals surface area contributed by atoms with Crippen LogP contribution in [0, 0.1) is 18.8 Å². The minimum Gasteiger partial charge on any atom is -0.309 e. The number of thiophene rings is 1. The van der Waals surface area contributed by atoms with Crippen LogP contribution in [0.2, 0.25) is 0 Å². The van der Waals surface area contributed by atoms with Gasteiger partial charge in [0.05, 0.1) is 0 Å². The second-order valence-electron chi connectivity index (χ2n) is 6.39. The summed E-state index contributed by atoms with van der Waals surface area (Å²) in [7, 11) is 0. The van der Waals surface area contributed by atoms with Crippen molar-refractivity contribution in [2.24, 2.45) is 11.8 Å². The zero-order valence-electron chi connectivity index (χ0n) is 12.8. The van der Waals surface area contributed by atoms with Gasteiger partial charge < -0.3 is 5.32 Å². The average Bonchev–Trinajstić information content (AvgIpc) is 3.01. The van der Waals surface area contributed by atoms with Gasteiger partial charge >= 0.3 is 0 Å². The fourth-order valence-electron chi connectivity index (χ4n) is 3.55. The largest absolute Gasteiger partial charge is 0.309 e. The SMILES string of the molecule is Cc1c(C(C)NCC2CCCC2C)sc2ccccc12. The quantitative estimate of drug-likeness (QED) is 0.805. The van der Waals surface area contributed by atoms with Crippen LogP contribution in [0.25, 0.3) is 10.1 Å². The molecule has 3 rings (SSSR count). The van der Waals surface area contributed by atoms with Gasteiger partial charge in [-0.2, -0.15) is 0 Å². The summed E-state index contributed by atoms with van der Waals surface area (Å²) in [5.74, 6) is 1.78. The number of rotatable bonds is 4. The molecule has 1 aromatic heterocycles. The Bertz CT molecular complexity index is 586. The highest BCUT2D eigenvalue weighted by Crippen LogP contribution is 2.35. The Morgan fingerprint density at radius 1 is 1.30 bits per heavy atom. The Morgan fingerprint density at radius 2 is 2.10 bits per heavy atom. The molecule has 1 nitrogen and oxygen atoms in total. The Morgan fingerprint density at radius 3 is 2.80 bits per heavy atom. The van der Waals surface area contributed by atoms with Crippen LogP contribution in [0.4, 0.5) is 0 Å². The van der Waals surface area contributed by atoms with Gasteiger partial charge in [0.25, 0.3) is 0 Å². The van der Waals surface area contributed by atoms with Gasteiger partial charge in [0, 0.05) is 15.6 Å². The molecule has 2 heteroatoms. The van der Waals surface area contributed by atoms with E-state index >= 15 is 0 Å². The smallest absolute Gasteiger partial charge is 0.0389 e. The van der Waals surface area contributed by atoms with Crippen molar-refractivity contribution in [3.8, 4) is 0 Å². The number of benzene rings is 1. The van der Waals surface area contributed by atoms with E-state index in [-0.39, 0.29) is 0 Å². The van der Waals surface area contributed by atoms with Gasteiger partial charge in [-0.15, -0.1) is 11.3 Å². The maximum atomic E-state index is 3.78. The van der Waals surface area contributed by atoms with E-state index in [1.165, 1.54) is 46.3 Å². The van der Waals surface area contributed by atoms with Crippen molar-refractivity contribution < 1.29 is 0 Å². The van der Waals surface area contributed by atoms with Crippen LogP contribution >= 0.6 is 11.3 Å². The van der Waals surface area contributed by atoms with Crippen molar-refractivity contribution in [1.29, 1.82) is 0 Å². The highest BCUT2D eigenvalue weighted by Gasteiger charge is 2.24. The summed E-state index contributed by atoms with van der Waals surface area (Å²) in [4.78, 5) is 1.51. The first-order valence-electron chi connectivity index (χ1n) is 7.88. The molecule has 1 aromatic carbocycles. The number of hydrogen-bond acceptors (Lipinski definition) is 2. The molecule has 0 aliphatic heterocycles. The van der Waals surface area contributed by atoms with Crippen molar-refractivity contribution in [3.05, 3.63) is 34.7 Å². The molecule has 0 radical (unpaired) electrons. The first kappa shape index (κ1) is 14.1. The molecule has 1 N–H and O–H groups in total. The summed E-state index contributed by atoms with van der Waals surface area (Å²) in [6.45, 7) is 8.17. The molecule has 0 spiro atoms. The first-order valence-corrected chi connectivity index (χ1v) is 8.70. The minimum absolute atomic E-state index is 0.472. The van der Waals surface area contributed by atoms with E-state index in [4.69, 9.17) is 0 Å². The fourth-order valence-corrected chi connectivity index (χ4v) is 4.79. The van der Waals surface area contributed by atoms with Gasteiger partial charge in [0.1, 0.15) is 0 Å². The molecular formula is C18H25NS. The van der Waals surface area contributed by atoms with E-state index in [2.05, 4.69) is 50.4 Å². The van der Waals surface area contributed by atoms with E-state index in [9.17, 15) is 0 Å². The third kappa shape index (κ3) is 2.64. The molecule has 2 aromatic rings. The molecular weight excluding hydrogens is 262 g/mol. The molecule has 0 saturated heterocycles. The standard InChI is InChI=1S/C18H25NS/c1-12-7-6-8-15(12)11-19-14(3)18-13(2)16-9-4-5-10-17(16)20-18/h4-5,9-10,12,14-15,19H,6-8,11H2,1-3H3. The molecule has 3 unspecified atom stereocenters. The van der Waals surface area contributed by atoms with E-state index in [1.807, 2.05) is 11.3 Å². The maximum Gasteiger partial charge on any atom is 0.0389 e. The van der Waals surface area contributed by atoms with Crippen LogP contribution in [0.5, 0.6) is 0 Å². The van der Waals surface area contributed by atoms with Crippen molar-refractivity contribution >= 4 is 21.4 Å². The Labute approximate surface area is 126 Å². The number of hydrogen-bond donors (Lipinski definition) is 1. The van der Waals surface area contributed by atoms with Gasteiger partial charge in [0.15, 0.2) is 0 Å². The predicted molar refractivity (Wildman–Crippen MR) is 89.5 cm³/mol. The van der Waals surface area contributed by atoms with E-state index in [0.29, 0.717) is 6.04 Å². The normalized spacial score (nSPS) is 24.4. The van der Waals surface area contributed by atoms with Crippen molar-refractivity contribution in [2.45, 2.75) is 46.1 Å². The molecule has 1 saturated carbocycles. The lowest BCUT2D eigenvalue weighted by atomic mass is 9.98. The third-order valence-electron chi connectivity index (χ3n) is 5.00. The monoisotopic (exact) mass is 287 g/mol. The van der Waals surface area contributed by atoms with Gasteiger partial charge in [-0.3, -0.25) is 0 Å². The zero-order chi connectivity index (χ0) is 14.1. The zero-order valence-corrected chi connectivity index (χ0v) is 13.6. The van der Waals surface area contributed by atoms with Crippen LogP contribution in [-0.4, -0.2) is 6.54 Å². The number of fused-ring (bicyclic) bond motifs is 1. The Balaban J connectivity index is 1.72. The highest BCUT2D eigenvalue weighted by atomic mass is 32.1.